The molecule has 2 aromatic carbocycles. The predicted octanol–water partition coefficient (Wildman–Crippen LogP) is 4.34. The fourth-order valence-corrected chi connectivity index (χ4v) is 2.88. The van der Waals surface area contributed by atoms with Crippen LogP contribution >= 0.6 is 15.9 Å². The van der Waals surface area contributed by atoms with E-state index in [9.17, 15) is 4.79 Å². The van der Waals surface area contributed by atoms with Gasteiger partial charge in [-0.3, -0.25) is 4.79 Å². The van der Waals surface area contributed by atoms with Crippen molar-refractivity contribution in [3.8, 4) is 6.07 Å². The van der Waals surface area contributed by atoms with Gasteiger partial charge in [0.05, 0.1) is 11.6 Å². The van der Waals surface area contributed by atoms with E-state index in [0.29, 0.717) is 16.7 Å². The number of ketones is 1. The number of aromatic nitrogens is 1. The van der Waals surface area contributed by atoms with E-state index < -0.39 is 0 Å². The molecule has 0 spiro atoms. The maximum Gasteiger partial charge on any atom is 0.195 e. The van der Waals surface area contributed by atoms with Crippen LogP contribution < -0.4 is 0 Å². The number of carbonyl (C=O) groups excluding carboxylic acids is 1. The molecule has 0 aliphatic heterocycles. The molecule has 0 saturated carbocycles. The smallest absolute Gasteiger partial charge is 0.195 e. The maximum absolute atomic E-state index is 12.7. The zero-order valence-electron chi connectivity index (χ0n) is 11.3. The Kier molecular flexibility index (Phi) is 3.36. The molecule has 0 saturated heterocycles. The quantitative estimate of drug-likeness (QED) is 0.706. The summed E-state index contributed by atoms with van der Waals surface area (Å²) in [5.41, 5.74) is 3.57. The lowest BCUT2D eigenvalue weighted by atomic mass is 9.98. The summed E-state index contributed by atoms with van der Waals surface area (Å²) >= 11 is 3.40. The lowest BCUT2D eigenvalue weighted by Gasteiger charge is -2.05. The van der Waals surface area contributed by atoms with Crippen molar-refractivity contribution < 1.29 is 4.79 Å². The van der Waals surface area contributed by atoms with E-state index in [2.05, 4.69) is 27.0 Å². The van der Waals surface area contributed by atoms with Gasteiger partial charge in [0, 0.05) is 32.7 Å². The first-order valence-corrected chi connectivity index (χ1v) is 7.21. The Bertz CT molecular complexity index is 903. The molecule has 0 bridgehead atoms. The first kappa shape index (κ1) is 13.6. The van der Waals surface area contributed by atoms with Gasteiger partial charge < -0.3 is 4.98 Å². The van der Waals surface area contributed by atoms with E-state index in [1.807, 2.05) is 31.2 Å². The van der Waals surface area contributed by atoms with Gasteiger partial charge in [-0.1, -0.05) is 15.9 Å². The van der Waals surface area contributed by atoms with Crippen LogP contribution in [-0.4, -0.2) is 10.8 Å². The number of halogens is 1. The summed E-state index contributed by atoms with van der Waals surface area (Å²) in [7, 11) is 0. The van der Waals surface area contributed by atoms with E-state index in [4.69, 9.17) is 5.26 Å². The van der Waals surface area contributed by atoms with Crippen LogP contribution in [0.2, 0.25) is 0 Å². The fourth-order valence-electron chi connectivity index (χ4n) is 2.40. The molecule has 3 rings (SSSR count). The third kappa shape index (κ3) is 2.37. The lowest BCUT2D eigenvalue weighted by molar-refractivity contribution is 0.103. The number of H-pyrrole nitrogens is 1. The minimum Gasteiger partial charge on any atom is -0.360 e. The highest BCUT2D eigenvalue weighted by Crippen LogP contribution is 2.25. The standard InChI is InChI=1S/C17H11BrN2O/c1-10-6-12(18)3-4-13(10)17(21)15-9-20-16-5-2-11(8-19)7-14(15)16/h2-7,9,20H,1H3. The monoisotopic (exact) mass is 338 g/mol. The van der Waals surface area contributed by atoms with Crippen molar-refractivity contribution in [1.82, 2.24) is 4.98 Å². The molecule has 0 radical (unpaired) electrons. The SMILES string of the molecule is Cc1cc(Br)ccc1C(=O)c1c[nH]c2ccc(C#N)cc12. The second kappa shape index (κ2) is 5.19. The van der Waals surface area contributed by atoms with Gasteiger partial charge in [0.2, 0.25) is 0 Å². The lowest BCUT2D eigenvalue weighted by Crippen LogP contribution is -2.03. The first-order chi connectivity index (χ1) is 10.1. The molecule has 0 fully saturated rings. The zero-order chi connectivity index (χ0) is 15.0. The summed E-state index contributed by atoms with van der Waals surface area (Å²) in [5.74, 6) is -0.0404. The van der Waals surface area contributed by atoms with Crippen LogP contribution in [-0.2, 0) is 0 Å². The summed E-state index contributed by atoms with van der Waals surface area (Å²) in [4.78, 5) is 15.8. The van der Waals surface area contributed by atoms with E-state index >= 15 is 0 Å². The molecule has 1 N–H and O–H groups in total. The third-order valence-corrected chi connectivity index (χ3v) is 3.98. The molecule has 4 heteroatoms. The van der Waals surface area contributed by atoms with Crippen molar-refractivity contribution in [2.75, 3.05) is 0 Å². The Balaban J connectivity index is 2.16. The van der Waals surface area contributed by atoms with Crippen LogP contribution in [0.4, 0.5) is 0 Å². The van der Waals surface area contributed by atoms with Gasteiger partial charge in [0.25, 0.3) is 0 Å². The van der Waals surface area contributed by atoms with Crippen molar-refractivity contribution in [3.63, 3.8) is 0 Å². The molecule has 1 aromatic heterocycles. The molecule has 3 nitrogen and oxygen atoms in total. The second-order valence-electron chi connectivity index (χ2n) is 4.86. The number of aryl methyl sites for hydroxylation is 1. The van der Waals surface area contributed by atoms with Gasteiger partial charge in [0.1, 0.15) is 0 Å². The molecule has 0 amide bonds. The van der Waals surface area contributed by atoms with Crippen LogP contribution in [0.15, 0.2) is 47.1 Å². The molecule has 0 aliphatic carbocycles. The molecule has 3 aromatic rings. The Labute approximate surface area is 130 Å². The van der Waals surface area contributed by atoms with Crippen LogP contribution in [0.1, 0.15) is 27.0 Å². The number of hydrogen-bond donors (Lipinski definition) is 1. The summed E-state index contributed by atoms with van der Waals surface area (Å²) in [6, 6.07) is 13.0. The third-order valence-electron chi connectivity index (χ3n) is 3.49. The van der Waals surface area contributed by atoms with Crippen LogP contribution in [0.5, 0.6) is 0 Å². The fraction of sp³-hybridized carbons (Fsp3) is 0.0588. The number of rotatable bonds is 2. The van der Waals surface area contributed by atoms with Gasteiger partial charge in [-0.15, -0.1) is 0 Å². The Hall–Kier alpha value is -2.38. The molecule has 102 valence electrons. The van der Waals surface area contributed by atoms with Crippen LogP contribution in [0.3, 0.4) is 0 Å². The van der Waals surface area contributed by atoms with Crippen molar-refractivity contribution in [2.45, 2.75) is 6.92 Å². The highest BCUT2D eigenvalue weighted by Gasteiger charge is 2.16. The largest absolute Gasteiger partial charge is 0.360 e. The van der Waals surface area contributed by atoms with Gasteiger partial charge in [-0.05, 0) is 48.9 Å². The second-order valence-corrected chi connectivity index (χ2v) is 5.78. The minimum atomic E-state index is -0.0404. The number of nitriles is 1. The number of nitrogens with one attached hydrogen (secondary N) is 1. The van der Waals surface area contributed by atoms with E-state index in [1.54, 1.807) is 18.3 Å². The molecule has 21 heavy (non-hydrogen) atoms. The van der Waals surface area contributed by atoms with Crippen molar-refractivity contribution in [1.29, 1.82) is 5.26 Å². The molecular weight excluding hydrogens is 328 g/mol. The van der Waals surface area contributed by atoms with Crippen molar-refractivity contribution >= 4 is 32.6 Å². The van der Waals surface area contributed by atoms with Gasteiger partial charge in [0.15, 0.2) is 5.78 Å². The average Bonchev–Trinajstić information content (AvgIpc) is 2.89. The Morgan fingerprint density at radius 1 is 1.19 bits per heavy atom. The summed E-state index contributed by atoms with van der Waals surface area (Å²) in [6.45, 7) is 1.91. The average molecular weight is 339 g/mol. The number of hydrogen-bond acceptors (Lipinski definition) is 2. The molecule has 0 aliphatic rings. The molecule has 0 atom stereocenters. The number of aromatic amines is 1. The molecule has 0 unspecified atom stereocenters. The summed E-state index contributed by atoms with van der Waals surface area (Å²) in [6.07, 6.45) is 1.70. The van der Waals surface area contributed by atoms with E-state index in [0.717, 1.165) is 20.9 Å². The van der Waals surface area contributed by atoms with Crippen LogP contribution in [0.25, 0.3) is 10.9 Å². The minimum absolute atomic E-state index is 0.0404. The van der Waals surface area contributed by atoms with E-state index in [1.165, 1.54) is 0 Å². The van der Waals surface area contributed by atoms with Crippen LogP contribution in [0, 0.1) is 18.3 Å². The predicted molar refractivity (Wildman–Crippen MR) is 85.3 cm³/mol. The van der Waals surface area contributed by atoms with Gasteiger partial charge in [-0.25, -0.2) is 0 Å². The number of carbonyl (C=O) groups is 1. The summed E-state index contributed by atoms with van der Waals surface area (Å²) in [5, 5.41) is 9.78. The van der Waals surface area contributed by atoms with Gasteiger partial charge in [-0.2, -0.15) is 5.26 Å². The first-order valence-electron chi connectivity index (χ1n) is 6.42. The van der Waals surface area contributed by atoms with E-state index in [-0.39, 0.29) is 5.78 Å². The van der Waals surface area contributed by atoms with Gasteiger partial charge >= 0.3 is 0 Å². The molecule has 1 heterocycles. The summed E-state index contributed by atoms with van der Waals surface area (Å²) < 4.78 is 0.947. The highest BCUT2D eigenvalue weighted by atomic mass is 79.9. The number of benzene rings is 2. The zero-order valence-corrected chi connectivity index (χ0v) is 12.9. The number of nitrogens with zero attached hydrogens (tertiary/aromatic N) is 1. The highest BCUT2D eigenvalue weighted by molar-refractivity contribution is 9.10. The Morgan fingerprint density at radius 2 is 2.00 bits per heavy atom. The van der Waals surface area contributed by atoms with Crippen molar-refractivity contribution in [2.24, 2.45) is 0 Å². The maximum atomic E-state index is 12.7. The topological polar surface area (TPSA) is 56.6 Å². The van der Waals surface area contributed by atoms with Crippen molar-refractivity contribution in [3.05, 3.63) is 69.3 Å². The normalized spacial score (nSPS) is 10.5. The Morgan fingerprint density at radius 3 is 2.71 bits per heavy atom. The molecular formula is C17H11BrN2O. The number of fused-ring (bicyclic) bond motifs is 1.